The number of benzene rings is 1. The van der Waals surface area contributed by atoms with Crippen LogP contribution in [0.1, 0.15) is 30.1 Å². The lowest BCUT2D eigenvalue weighted by atomic mass is 10.2. The van der Waals surface area contributed by atoms with Crippen molar-refractivity contribution in [2.24, 2.45) is 0 Å². The van der Waals surface area contributed by atoms with Gasteiger partial charge in [0, 0.05) is 5.02 Å². The number of nitrogens with zero attached hydrogens (tertiary/aromatic N) is 4. The first-order valence-electron chi connectivity index (χ1n) is 6.84. The van der Waals surface area contributed by atoms with Gasteiger partial charge in [-0.05, 0) is 42.1 Å². The molecule has 0 saturated carbocycles. The molecular weight excluding hydrogens is 359 g/mol. The van der Waals surface area contributed by atoms with Crippen LogP contribution in [0.3, 0.4) is 0 Å². The number of aryl methyl sites for hydroxylation is 1. The normalized spacial score (nSPS) is 10.4. The number of tetrazole rings is 1. The molecule has 23 heavy (non-hydrogen) atoms. The van der Waals surface area contributed by atoms with Crippen molar-refractivity contribution in [2.45, 2.75) is 26.3 Å². The average molecular weight is 373 g/mol. The van der Waals surface area contributed by atoms with Gasteiger partial charge in [0.2, 0.25) is 0 Å². The Morgan fingerprint density at radius 1 is 1.39 bits per heavy atom. The number of nitrogens with one attached hydrogen (secondary N) is 2. The summed E-state index contributed by atoms with van der Waals surface area (Å²) >= 11 is 16.8. The van der Waals surface area contributed by atoms with Crippen LogP contribution in [0.5, 0.6) is 0 Å². The van der Waals surface area contributed by atoms with E-state index in [-0.39, 0.29) is 21.6 Å². The van der Waals surface area contributed by atoms with Crippen LogP contribution in [-0.2, 0) is 6.54 Å². The van der Waals surface area contributed by atoms with Gasteiger partial charge in [0.1, 0.15) is 0 Å². The van der Waals surface area contributed by atoms with Crippen molar-refractivity contribution in [1.82, 2.24) is 25.5 Å². The molecule has 2 N–H and O–H groups in total. The smallest absolute Gasteiger partial charge is 0.269 e. The zero-order chi connectivity index (χ0) is 16.8. The summed E-state index contributed by atoms with van der Waals surface area (Å²) in [5, 5.41) is 17.7. The number of amides is 1. The molecule has 122 valence electrons. The summed E-state index contributed by atoms with van der Waals surface area (Å²) in [4.78, 5) is 13.6. The maximum Gasteiger partial charge on any atom is 0.269 e. The molecule has 0 aliphatic heterocycles. The molecule has 2 aromatic rings. The zero-order valence-electron chi connectivity index (χ0n) is 12.2. The summed E-state index contributed by atoms with van der Waals surface area (Å²) < 4.78 is 0. The highest BCUT2D eigenvalue weighted by atomic mass is 35.5. The molecule has 0 saturated heterocycles. The van der Waals surface area contributed by atoms with Crippen LogP contribution in [0.2, 0.25) is 10.0 Å². The molecule has 0 unspecified atom stereocenters. The molecule has 0 aliphatic rings. The number of carbonyl (C=O) groups is 1. The number of anilines is 1. The first kappa shape index (κ1) is 17.6. The quantitative estimate of drug-likeness (QED) is 0.784. The summed E-state index contributed by atoms with van der Waals surface area (Å²) in [5.41, 5.74) is 0.264. The van der Waals surface area contributed by atoms with Crippen molar-refractivity contribution in [3.8, 4) is 0 Å². The van der Waals surface area contributed by atoms with Crippen LogP contribution in [0.4, 0.5) is 5.95 Å². The minimum absolute atomic E-state index is 0.0519. The van der Waals surface area contributed by atoms with Gasteiger partial charge in [-0.1, -0.05) is 41.6 Å². The highest BCUT2D eigenvalue weighted by Crippen LogP contribution is 2.20. The Kier molecular flexibility index (Phi) is 6.26. The lowest BCUT2D eigenvalue weighted by molar-refractivity contribution is 0.0978. The molecule has 0 atom stereocenters. The van der Waals surface area contributed by atoms with Gasteiger partial charge >= 0.3 is 0 Å². The van der Waals surface area contributed by atoms with Gasteiger partial charge in [-0.2, -0.15) is 4.80 Å². The van der Waals surface area contributed by atoms with Crippen molar-refractivity contribution in [3.63, 3.8) is 0 Å². The maximum atomic E-state index is 12.1. The first-order chi connectivity index (χ1) is 11.0. The monoisotopic (exact) mass is 372 g/mol. The SMILES string of the molecule is CCCCn1nnc(NC(=S)NC(=O)c2ccc(Cl)cc2Cl)n1. The van der Waals surface area contributed by atoms with Crippen molar-refractivity contribution >= 4 is 52.4 Å². The average Bonchev–Trinajstić information content (AvgIpc) is 2.92. The van der Waals surface area contributed by atoms with Crippen molar-refractivity contribution in [1.29, 1.82) is 0 Å². The van der Waals surface area contributed by atoms with Crippen LogP contribution < -0.4 is 10.6 Å². The van der Waals surface area contributed by atoms with E-state index in [1.807, 2.05) is 0 Å². The highest BCUT2D eigenvalue weighted by molar-refractivity contribution is 7.80. The summed E-state index contributed by atoms with van der Waals surface area (Å²) in [5.74, 6) is -0.240. The Balaban J connectivity index is 1.93. The van der Waals surface area contributed by atoms with E-state index in [1.165, 1.54) is 16.9 Å². The maximum absolute atomic E-state index is 12.1. The molecule has 1 aromatic carbocycles. The van der Waals surface area contributed by atoms with Crippen LogP contribution >= 0.6 is 35.4 Å². The highest BCUT2D eigenvalue weighted by Gasteiger charge is 2.13. The Morgan fingerprint density at radius 3 is 2.87 bits per heavy atom. The summed E-state index contributed by atoms with van der Waals surface area (Å²) in [6, 6.07) is 4.57. The molecule has 1 amide bonds. The molecule has 0 fully saturated rings. The second kappa shape index (κ2) is 8.19. The van der Waals surface area contributed by atoms with Crippen LogP contribution in [0.25, 0.3) is 0 Å². The molecule has 1 aromatic heterocycles. The third-order valence-electron chi connectivity index (χ3n) is 2.79. The third kappa shape index (κ3) is 5.12. The number of aromatic nitrogens is 4. The Labute approximate surface area is 148 Å². The molecule has 0 aliphatic carbocycles. The Bertz CT molecular complexity index is 720. The standard InChI is InChI=1S/C13H14Cl2N6OS/c1-2-3-6-21-19-12(18-20-21)17-13(23)16-11(22)9-5-4-8(14)7-10(9)15/h4-5,7H,2-3,6H2,1H3,(H2,16,17,19,22,23). The second-order valence-electron chi connectivity index (χ2n) is 4.59. The fourth-order valence-corrected chi connectivity index (χ4v) is 2.34. The lowest BCUT2D eigenvalue weighted by Gasteiger charge is -2.07. The lowest BCUT2D eigenvalue weighted by Crippen LogP contribution is -2.34. The fourth-order valence-electron chi connectivity index (χ4n) is 1.66. The number of halogens is 2. The van der Waals surface area contributed by atoms with Crippen LogP contribution in [0.15, 0.2) is 18.2 Å². The van der Waals surface area contributed by atoms with E-state index in [1.54, 1.807) is 6.07 Å². The van der Waals surface area contributed by atoms with Gasteiger partial charge in [-0.15, -0.1) is 5.10 Å². The third-order valence-corrected chi connectivity index (χ3v) is 3.54. The van der Waals surface area contributed by atoms with Gasteiger partial charge < -0.3 is 0 Å². The molecule has 0 bridgehead atoms. The second-order valence-corrected chi connectivity index (χ2v) is 5.85. The predicted octanol–water partition coefficient (Wildman–Crippen LogP) is 2.91. The van der Waals surface area contributed by atoms with E-state index < -0.39 is 5.91 Å². The number of unbranched alkanes of at least 4 members (excludes halogenated alkanes) is 1. The molecule has 2 rings (SSSR count). The Hall–Kier alpha value is -1.77. The molecule has 7 nitrogen and oxygen atoms in total. The predicted molar refractivity (Wildman–Crippen MR) is 92.9 cm³/mol. The van der Waals surface area contributed by atoms with Crippen LogP contribution in [-0.4, -0.2) is 31.2 Å². The van der Waals surface area contributed by atoms with Gasteiger partial charge in [0.15, 0.2) is 5.11 Å². The van der Waals surface area contributed by atoms with E-state index >= 15 is 0 Å². The number of hydrogen-bond donors (Lipinski definition) is 2. The van der Waals surface area contributed by atoms with Gasteiger partial charge in [-0.25, -0.2) is 0 Å². The molecule has 1 heterocycles. The van der Waals surface area contributed by atoms with E-state index in [9.17, 15) is 4.79 Å². The van der Waals surface area contributed by atoms with E-state index in [0.717, 1.165) is 12.8 Å². The van der Waals surface area contributed by atoms with Crippen molar-refractivity contribution in [2.75, 3.05) is 5.32 Å². The van der Waals surface area contributed by atoms with Gasteiger partial charge in [-0.3, -0.25) is 15.4 Å². The summed E-state index contributed by atoms with van der Waals surface area (Å²) in [6.45, 7) is 2.74. The minimum Gasteiger partial charge on any atom is -0.299 e. The van der Waals surface area contributed by atoms with E-state index in [4.69, 9.17) is 35.4 Å². The van der Waals surface area contributed by atoms with Crippen LogP contribution in [0, 0.1) is 0 Å². The number of rotatable bonds is 5. The molecule has 0 spiro atoms. The van der Waals surface area contributed by atoms with Gasteiger partial charge in [0.05, 0.1) is 17.1 Å². The van der Waals surface area contributed by atoms with Crippen molar-refractivity contribution < 1.29 is 4.79 Å². The zero-order valence-corrected chi connectivity index (χ0v) is 14.5. The molecular formula is C13H14Cl2N6OS. The topological polar surface area (TPSA) is 84.7 Å². The largest absolute Gasteiger partial charge is 0.299 e. The Morgan fingerprint density at radius 2 is 2.17 bits per heavy atom. The fraction of sp³-hybridized carbons (Fsp3) is 0.308. The number of thiocarbonyl (C=S) groups is 1. The van der Waals surface area contributed by atoms with E-state index in [2.05, 4.69) is 33.0 Å². The molecule has 0 radical (unpaired) electrons. The minimum atomic E-state index is -0.456. The number of carbonyl (C=O) groups excluding carboxylic acids is 1. The molecule has 10 heteroatoms. The summed E-state index contributed by atoms with van der Waals surface area (Å²) in [6.07, 6.45) is 1.98. The van der Waals surface area contributed by atoms with E-state index in [0.29, 0.717) is 11.6 Å². The van der Waals surface area contributed by atoms with Gasteiger partial charge in [0.25, 0.3) is 11.9 Å². The number of hydrogen-bond acceptors (Lipinski definition) is 5. The van der Waals surface area contributed by atoms with Crippen molar-refractivity contribution in [3.05, 3.63) is 33.8 Å². The summed E-state index contributed by atoms with van der Waals surface area (Å²) in [7, 11) is 0. The first-order valence-corrected chi connectivity index (χ1v) is 8.01.